The summed E-state index contributed by atoms with van der Waals surface area (Å²) < 4.78 is 11.4. The number of H-pyrrole nitrogens is 1. The van der Waals surface area contributed by atoms with E-state index in [1.54, 1.807) is 0 Å². The number of hydrogen-bond acceptors (Lipinski definition) is 6. The first-order chi connectivity index (χ1) is 16.0. The zero-order valence-electron chi connectivity index (χ0n) is 19.9. The minimum Gasteiger partial charge on any atom is -0.493 e. The lowest BCUT2D eigenvalue weighted by Gasteiger charge is -2.35. The third-order valence-corrected chi connectivity index (χ3v) is 6.50. The fourth-order valence-corrected chi connectivity index (χ4v) is 4.65. The molecule has 2 aliphatic heterocycles. The van der Waals surface area contributed by atoms with E-state index in [1.165, 1.54) is 0 Å². The first-order valence-electron chi connectivity index (χ1n) is 12.3. The molecule has 3 heterocycles. The molecule has 1 amide bonds. The SMILES string of the molecule is CC(C)COc1cccc2[nH]c(OC(=O)NC3CCN(CCN4CCC[C@H](O)C4)CC3)cc12. The molecule has 0 saturated carbocycles. The van der Waals surface area contributed by atoms with E-state index in [4.69, 9.17) is 9.47 Å². The predicted molar refractivity (Wildman–Crippen MR) is 129 cm³/mol. The summed E-state index contributed by atoms with van der Waals surface area (Å²) in [7, 11) is 0. The van der Waals surface area contributed by atoms with E-state index in [0.29, 0.717) is 18.4 Å². The Balaban J connectivity index is 1.21. The van der Waals surface area contributed by atoms with Crippen molar-refractivity contribution in [2.45, 2.75) is 51.7 Å². The number of aromatic amines is 1. The van der Waals surface area contributed by atoms with Crippen LogP contribution in [-0.4, -0.2) is 84.0 Å². The van der Waals surface area contributed by atoms with Crippen molar-refractivity contribution < 1.29 is 19.4 Å². The van der Waals surface area contributed by atoms with Crippen LogP contribution in [0.2, 0.25) is 0 Å². The minimum atomic E-state index is -0.424. The molecule has 0 bridgehead atoms. The van der Waals surface area contributed by atoms with Crippen molar-refractivity contribution in [1.29, 1.82) is 0 Å². The Morgan fingerprint density at radius 3 is 2.73 bits per heavy atom. The van der Waals surface area contributed by atoms with Crippen LogP contribution >= 0.6 is 0 Å². The van der Waals surface area contributed by atoms with Crippen LogP contribution in [0.15, 0.2) is 24.3 Å². The van der Waals surface area contributed by atoms with Gasteiger partial charge < -0.3 is 29.8 Å². The second-order valence-electron chi connectivity index (χ2n) is 9.80. The van der Waals surface area contributed by atoms with Gasteiger partial charge in [-0.25, -0.2) is 4.79 Å². The summed E-state index contributed by atoms with van der Waals surface area (Å²) in [4.78, 5) is 20.4. The highest BCUT2D eigenvalue weighted by molar-refractivity contribution is 5.88. The number of fused-ring (bicyclic) bond motifs is 1. The smallest absolute Gasteiger partial charge is 0.414 e. The summed E-state index contributed by atoms with van der Waals surface area (Å²) >= 11 is 0. The molecule has 2 fully saturated rings. The molecular formula is C25H38N4O4. The van der Waals surface area contributed by atoms with E-state index >= 15 is 0 Å². The monoisotopic (exact) mass is 458 g/mol. The summed E-state index contributed by atoms with van der Waals surface area (Å²) in [5.41, 5.74) is 0.883. The Morgan fingerprint density at radius 2 is 1.97 bits per heavy atom. The number of likely N-dealkylation sites (tertiary alicyclic amines) is 2. The predicted octanol–water partition coefficient (Wildman–Crippen LogP) is 3.21. The van der Waals surface area contributed by atoms with Gasteiger partial charge in [-0.2, -0.15) is 0 Å². The molecule has 1 aromatic carbocycles. The van der Waals surface area contributed by atoms with Crippen molar-refractivity contribution in [2.75, 3.05) is 45.9 Å². The molecule has 2 aromatic rings. The maximum absolute atomic E-state index is 12.5. The first-order valence-corrected chi connectivity index (χ1v) is 12.3. The highest BCUT2D eigenvalue weighted by atomic mass is 16.6. The number of β-amino-alcohol motifs (C(OH)–C–C–N with tert-alkyl or cyclic N) is 1. The minimum absolute atomic E-state index is 0.125. The van der Waals surface area contributed by atoms with Gasteiger partial charge in [-0.1, -0.05) is 19.9 Å². The summed E-state index contributed by atoms with van der Waals surface area (Å²) in [5, 5.41) is 13.8. The second-order valence-corrected chi connectivity index (χ2v) is 9.80. The number of nitrogens with zero attached hydrogens (tertiary/aromatic N) is 2. The summed E-state index contributed by atoms with van der Waals surface area (Å²) in [6.07, 6.45) is 3.24. The molecule has 1 atom stereocenters. The van der Waals surface area contributed by atoms with Gasteiger partial charge in [0.15, 0.2) is 0 Å². The number of aliphatic hydroxyl groups excluding tert-OH is 1. The van der Waals surface area contributed by atoms with Gasteiger partial charge >= 0.3 is 6.09 Å². The first kappa shape index (κ1) is 23.9. The zero-order chi connectivity index (χ0) is 23.2. The average molecular weight is 459 g/mol. The molecule has 2 saturated heterocycles. The van der Waals surface area contributed by atoms with Gasteiger partial charge in [0.2, 0.25) is 5.88 Å². The third kappa shape index (κ3) is 6.85. The molecule has 8 nitrogen and oxygen atoms in total. The number of nitrogens with one attached hydrogen (secondary N) is 2. The van der Waals surface area contributed by atoms with E-state index in [-0.39, 0.29) is 12.1 Å². The average Bonchev–Trinajstić information content (AvgIpc) is 3.20. The quantitative estimate of drug-likeness (QED) is 0.563. The van der Waals surface area contributed by atoms with Crippen LogP contribution in [0, 0.1) is 5.92 Å². The van der Waals surface area contributed by atoms with Gasteiger partial charge in [-0.15, -0.1) is 0 Å². The second kappa shape index (κ2) is 11.2. The van der Waals surface area contributed by atoms with Gasteiger partial charge in [0, 0.05) is 50.2 Å². The van der Waals surface area contributed by atoms with E-state index < -0.39 is 6.09 Å². The van der Waals surface area contributed by atoms with Crippen molar-refractivity contribution in [2.24, 2.45) is 5.92 Å². The van der Waals surface area contributed by atoms with Crippen molar-refractivity contribution in [3.05, 3.63) is 24.3 Å². The number of amides is 1. The van der Waals surface area contributed by atoms with Crippen molar-refractivity contribution in [3.63, 3.8) is 0 Å². The Bertz CT molecular complexity index is 907. The van der Waals surface area contributed by atoms with Crippen molar-refractivity contribution >= 4 is 17.0 Å². The molecular weight excluding hydrogens is 420 g/mol. The molecule has 3 N–H and O–H groups in total. The van der Waals surface area contributed by atoms with Gasteiger partial charge in [0.05, 0.1) is 18.2 Å². The standard InChI is InChI=1S/C25H38N4O4/c1-18(2)17-32-23-7-3-6-22-21(23)15-24(27-22)33-25(31)26-19-8-11-28(12-9-19)13-14-29-10-4-5-20(30)16-29/h3,6-7,15,18-20,27,30H,4-5,8-14,16-17H2,1-2H3,(H,26,31)/t20-/m0/s1. The topological polar surface area (TPSA) is 90.1 Å². The number of hydrogen-bond donors (Lipinski definition) is 3. The van der Waals surface area contributed by atoms with Crippen LogP contribution in [0.1, 0.15) is 39.5 Å². The number of aliphatic hydroxyl groups is 1. The molecule has 182 valence electrons. The lowest BCUT2D eigenvalue weighted by Crippen LogP contribution is -2.48. The fraction of sp³-hybridized carbons (Fsp3) is 0.640. The molecule has 0 radical (unpaired) electrons. The zero-order valence-corrected chi connectivity index (χ0v) is 19.9. The number of rotatable bonds is 8. The summed E-state index contributed by atoms with van der Waals surface area (Å²) in [6.45, 7) is 10.7. The summed E-state index contributed by atoms with van der Waals surface area (Å²) in [6, 6.07) is 7.76. The number of aromatic nitrogens is 1. The molecule has 2 aliphatic rings. The van der Waals surface area contributed by atoms with E-state index in [2.05, 4.69) is 33.9 Å². The van der Waals surface area contributed by atoms with Crippen LogP contribution in [-0.2, 0) is 0 Å². The van der Waals surface area contributed by atoms with E-state index in [0.717, 1.165) is 81.6 Å². The normalized spacial score (nSPS) is 20.9. The molecule has 4 rings (SSSR count). The molecule has 0 spiro atoms. The van der Waals surface area contributed by atoms with E-state index in [1.807, 2.05) is 24.3 Å². The van der Waals surface area contributed by atoms with Gasteiger partial charge in [0.1, 0.15) is 5.75 Å². The number of benzene rings is 1. The van der Waals surface area contributed by atoms with Gasteiger partial charge in [0.25, 0.3) is 0 Å². The highest BCUT2D eigenvalue weighted by Crippen LogP contribution is 2.29. The fourth-order valence-electron chi connectivity index (χ4n) is 4.65. The lowest BCUT2D eigenvalue weighted by atomic mass is 10.1. The van der Waals surface area contributed by atoms with E-state index in [9.17, 15) is 9.90 Å². The number of piperidine rings is 2. The largest absolute Gasteiger partial charge is 0.493 e. The third-order valence-electron chi connectivity index (χ3n) is 6.50. The number of ether oxygens (including phenoxy) is 2. The molecule has 1 aromatic heterocycles. The van der Waals surface area contributed by atoms with Crippen LogP contribution in [0.5, 0.6) is 11.6 Å². The Kier molecular flexibility index (Phi) is 8.11. The Labute approximate surface area is 196 Å². The maximum atomic E-state index is 12.5. The number of carbonyl (C=O) groups is 1. The lowest BCUT2D eigenvalue weighted by molar-refractivity contribution is 0.0620. The number of carbonyl (C=O) groups excluding carboxylic acids is 1. The van der Waals surface area contributed by atoms with Crippen LogP contribution < -0.4 is 14.8 Å². The van der Waals surface area contributed by atoms with Crippen molar-refractivity contribution in [1.82, 2.24) is 20.1 Å². The molecule has 0 unspecified atom stereocenters. The van der Waals surface area contributed by atoms with Crippen molar-refractivity contribution in [3.8, 4) is 11.6 Å². The molecule has 0 aliphatic carbocycles. The Hall–Kier alpha value is -2.29. The maximum Gasteiger partial charge on any atom is 0.414 e. The van der Waals surface area contributed by atoms with Crippen LogP contribution in [0.3, 0.4) is 0 Å². The van der Waals surface area contributed by atoms with Gasteiger partial charge in [-0.05, 0) is 50.3 Å². The Morgan fingerprint density at radius 1 is 1.18 bits per heavy atom. The molecule has 33 heavy (non-hydrogen) atoms. The summed E-state index contributed by atoms with van der Waals surface area (Å²) in [5.74, 6) is 1.65. The molecule has 8 heteroatoms. The van der Waals surface area contributed by atoms with Crippen LogP contribution in [0.4, 0.5) is 4.79 Å². The highest BCUT2D eigenvalue weighted by Gasteiger charge is 2.23. The van der Waals surface area contributed by atoms with Crippen LogP contribution in [0.25, 0.3) is 10.9 Å². The van der Waals surface area contributed by atoms with Gasteiger partial charge in [-0.3, -0.25) is 4.90 Å².